The summed E-state index contributed by atoms with van der Waals surface area (Å²) < 4.78 is 17.2. The molecule has 0 bridgehead atoms. The maximum atomic E-state index is 13.5. The van der Waals surface area contributed by atoms with E-state index in [0.29, 0.717) is 41.9 Å². The average Bonchev–Trinajstić information content (AvgIpc) is 3.53. The van der Waals surface area contributed by atoms with Gasteiger partial charge in [0.15, 0.2) is 5.75 Å². The second-order valence-corrected chi connectivity index (χ2v) is 14.2. The van der Waals surface area contributed by atoms with Crippen LogP contribution in [0.1, 0.15) is 89.1 Å². The molecule has 10 nitrogen and oxygen atoms in total. The van der Waals surface area contributed by atoms with Crippen molar-refractivity contribution in [2.45, 2.75) is 89.9 Å². The van der Waals surface area contributed by atoms with Crippen LogP contribution >= 0.6 is 11.9 Å². The number of anilines is 2. The molecule has 1 fully saturated rings. The van der Waals surface area contributed by atoms with Gasteiger partial charge in [0.1, 0.15) is 23.2 Å². The Bertz CT molecular complexity index is 1660. The minimum Gasteiger partial charge on any atom is -0.492 e. The van der Waals surface area contributed by atoms with Gasteiger partial charge in [-0.25, -0.2) is 4.79 Å². The lowest BCUT2D eigenvalue weighted by Crippen LogP contribution is -2.45. The van der Waals surface area contributed by atoms with E-state index < -0.39 is 0 Å². The third-order valence-electron chi connectivity index (χ3n) is 9.09. The minimum absolute atomic E-state index is 0.0166. The molecule has 0 radical (unpaired) electrons. The number of ether oxygens (including phenoxy) is 2. The number of nitrogens with one attached hydrogen (secondary N) is 5. The van der Waals surface area contributed by atoms with Crippen molar-refractivity contribution in [1.29, 1.82) is 10.8 Å². The van der Waals surface area contributed by atoms with Crippen molar-refractivity contribution in [2.24, 2.45) is 0 Å². The maximum Gasteiger partial charge on any atom is 0.319 e. The third kappa shape index (κ3) is 7.62. The topological polar surface area (TPSA) is 127 Å². The zero-order valence-electron chi connectivity index (χ0n) is 28.6. The fourth-order valence-corrected chi connectivity index (χ4v) is 7.05. The first kappa shape index (κ1) is 34.4. The monoisotopic (exact) mass is 659 g/mol. The Kier molecular flexibility index (Phi) is 10.6. The number of hydrogen-bond acceptors (Lipinski definition) is 8. The molecule has 5 N–H and O–H groups in total. The lowest BCUT2D eigenvalue weighted by molar-refractivity contribution is 0.171. The van der Waals surface area contributed by atoms with Gasteiger partial charge in [-0.15, -0.1) is 0 Å². The number of urea groups is 1. The normalized spacial score (nSPS) is 19.6. The predicted octanol–water partition coefficient (Wildman–Crippen LogP) is 7.44. The van der Waals surface area contributed by atoms with Crippen molar-refractivity contribution in [3.63, 3.8) is 0 Å². The fourth-order valence-electron chi connectivity index (χ4n) is 6.68. The van der Waals surface area contributed by atoms with Crippen LogP contribution in [0.3, 0.4) is 0 Å². The molecule has 252 valence electrons. The van der Waals surface area contributed by atoms with Gasteiger partial charge in [-0.3, -0.25) is 20.3 Å². The Morgan fingerprint density at radius 2 is 1.77 bits per heavy atom. The Hall–Kier alpha value is -3.96. The Morgan fingerprint density at radius 1 is 1.04 bits per heavy atom. The molecule has 5 rings (SSSR count). The number of benzene rings is 2. The zero-order chi connectivity index (χ0) is 33.9. The third-order valence-corrected chi connectivity index (χ3v) is 9.52. The van der Waals surface area contributed by atoms with E-state index in [0.717, 1.165) is 41.8 Å². The summed E-state index contributed by atoms with van der Waals surface area (Å²) >= 11 is 1.47. The maximum absolute atomic E-state index is 13.5. The quantitative estimate of drug-likeness (QED) is 0.0923. The molecule has 47 heavy (non-hydrogen) atoms. The van der Waals surface area contributed by atoms with E-state index in [-0.39, 0.29) is 35.1 Å². The summed E-state index contributed by atoms with van der Waals surface area (Å²) in [6.45, 7) is 11.7. The number of aromatic nitrogens is 1. The highest BCUT2D eigenvalue weighted by Gasteiger charge is 2.32. The molecular weight excluding hydrogens is 611 g/mol. The molecule has 1 aliphatic heterocycles. The van der Waals surface area contributed by atoms with Gasteiger partial charge >= 0.3 is 6.03 Å². The number of methoxy groups -OCH3 is 1. The van der Waals surface area contributed by atoms with Gasteiger partial charge in [0, 0.05) is 12.3 Å². The summed E-state index contributed by atoms with van der Waals surface area (Å²) in [6, 6.07) is 15.4. The summed E-state index contributed by atoms with van der Waals surface area (Å²) in [6.07, 6.45) is 6.84. The molecule has 11 heteroatoms. The summed E-state index contributed by atoms with van der Waals surface area (Å²) in [5.41, 5.74) is 4.64. The molecule has 2 aliphatic rings. The van der Waals surface area contributed by atoms with Crippen LogP contribution in [0.5, 0.6) is 11.5 Å². The van der Waals surface area contributed by atoms with Gasteiger partial charge in [-0.1, -0.05) is 57.0 Å². The van der Waals surface area contributed by atoms with Gasteiger partial charge in [0.2, 0.25) is 0 Å². The zero-order valence-corrected chi connectivity index (χ0v) is 29.4. The Labute approximate surface area is 282 Å². The lowest BCUT2D eigenvalue weighted by atomic mass is 9.85. The Morgan fingerprint density at radius 3 is 2.45 bits per heavy atom. The van der Waals surface area contributed by atoms with Crippen LogP contribution < -0.4 is 30.3 Å². The van der Waals surface area contributed by atoms with Crippen molar-refractivity contribution in [2.75, 3.05) is 29.9 Å². The van der Waals surface area contributed by atoms with Crippen LogP contribution in [0.2, 0.25) is 0 Å². The molecular formula is C36H49N7O3S. The molecule has 1 unspecified atom stereocenters. The first-order valence-electron chi connectivity index (χ1n) is 16.4. The van der Waals surface area contributed by atoms with Crippen LogP contribution in [0.4, 0.5) is 16.2 Å². The molecule has 2 aromatic carbocycles. The highest BCUT2D eigenvalue weighted by molar-refractivity contribution is 7.99. The number of likely N-dealkylation sites (tertiary alicyclic amines) is 1. The molecule has 2 amide bonds. The number of nitrogens with zero attached hydrogens (tertiary/aromatic N) is 2. The minimum atomic E-state index is -0.309. The van der Waals surface area contributed by atoms with E-state index in [1.54, 1.807) is 30.0 Å². The van der Waals surface area contributed by atoms with Crippen LogP contribution in [0, 0.1) is 10.8 Å². The van der Waals surface area contributed by atoms with Crippen molar-refractivity contribution in [3.05, 3.63) is 76.9 Å². The van der Waals surface area contributed by atoms with E-state index in [2.05, 4.69) is 67.0 Å². The predicted molar refractivity (Wildman–Crippen MR) is 191 cm³/mol. The van der Waals surface area contributed by atoms with Gasteiger partial charge in [-0.2, -0.15) is 0 Å². The van der Waals surface area contributed by atoms with E-state index in [1.165, 1.54) is 11.9 Å². The number of carbonyl (C=O) groups excluding carboxylic acids is 1. The van der Waals surface area contributed by atoms with Crippen LogP contribution in [-0.4, -0.2) is 53.3 Å². The van der Waals surface area contributed by atoms with Gasteiger partial charge in [-0.05, 0) is 92.4 Å². The molecule has 0 saturated carbocycles. The fraction of sp³-hybridized carbons (Fsp3) is 0.472. The smallest absolute Gasteiger partial charge is 0.319 e. The molecule has 1 aromatic heterocycles. The number of pyridine rings is 1. The van der Waals surface area contributed by atoms with Gasteiger partial charge in [0.05, 0.1) is 36.8 Å². The SMILES string of the molecule is COc1c(NSC)cc(C(C)(C)C)cc1NC(=O)N[C@H]1CCC(Oc2ccc(=N)n(C(=N)[C@@H]3CCCN3C(C)C)c2)c2ccccc21. The number of fused-ring (bicyclic) bond motifs is 1. The number of carbonyl (C=O) groups is 1. The first-order chi connectivity index (χ1) is 22.4. The van der Waals surface area contributed by atoms with Gasteiger partial charge in [0.25, 0.3) is 0 Å². The number of hydrogen-bond donors (Lipinski definition) is 5. The van der Waals surface area contributed by atoms with E-state index in [4.69, 9.17) is 20.3 Å². The number of rotatable bonds is 9. The van der Waals surface area contributed by atoms with Crippen molar-refractivity contribution in [3.8, 4) is 11.5 Å². The van der Waals surface area contributed by atoms with Crippen molar-refractivity contribution in [1.82, 2.24) is 14.8 Å². The van der Waals surface area contributed by atoms with Crippen molar-refractivity contribution >= 4 is 35.2 Å². The molecule has 1 saturated heterocycles. The highest BCUT2D eigenvalue weighted by Crippen LogP contribution is 2.41. The first-order valence-corrected chi connectivity index (χ1v) is 17.6. The number of amides is 2. The van der Waals surface area contributed by atoms with E-state index in [9.17, 15) is 4.79 Å². The largest absolute Gasteiger partial charge is 0.492 e. The van der Waals surface area contributed by atoms with Crippen LogP contribution in [-0.2, 0) is 5.41 Å². The van der Waals surface area contributed by atoms with Crippen LogP contribution in [0.25, 0.3) is 0 Å². The molecule has 2 heterocycles. The summed E-state index contributed by atoms with van der Waals surface area (Å²) in [5, 5.41) is 23.8. The summed E-state index contributed by atoms with van der Waals surface area (Å²) in [4.78, 5) is 15.8. The van der Waals surface area contributed by atoms with E-state index in [1.807, 2.05) is 30.5 Å². The second kappa shape index (κ2) is 14.4. The average molecular weight is 660 g/mol. The second-order valence-electron chi connectivity index (χ2n) is 13.6. The highest BCUT2D eigenvalue weighted by atomic mass is 32.2. The van der Waals surface area contributed by atoms with Gasteiger partial charge < -0.3 is 24.8 Å². The molecule has 3 aromatic rings. The summed E-state index contributed by atoms with van der Waals surface area (Å²) in [5.74, 6) is 1.60. The summed E-state index contributed by atoms with van der Waals surface area (Å²) in [7, 11) is 1.61. The van der Waals surface area contributed by atoms with Crippen LogP contribution in [0.15, 0.2) is 54.7 Å². The van der Waals surface area contributed by atoms with E-state index >= 15 is 0 Å². The molecule has 3 atom stereocenters. The Balaban J connectivity index is 1.33. The molecule has 0 spiro atoms. The van der Waals surface area contributed by atoms with Crippen molar-refractivity contribution < 1.29 is 14.3 Å². The lowest BCUT2D eigenvalue weighted by Gasteiger charge is -2.33. The molecule has 1 aliphatic carbocycles. The standard InChI is InChI=1S/C36H49N7O3S/c1-22(2)42-18-10-13-30(42)34(38)43-21-24(14-17-32(43)37)46-31-16-15-27(25-11-8-9-12-26(25)31)39-35(44)40-28-19-23(36(3,4)5)20-29(41-47-7)33(28)45-6/h8-9,11-12,14,17,19-22,27,30-31,37-38,41H,10,13,15-16,18H2,1-7H3,(H2,39,40,44)/t27-,30-,31?/m0/s1.